The van der Waals surface area contributed by atoms with E-state index in [-0.39, 0.29) is 5.78 Å². The summed E-state index contributed by atoms with van der Waals surface area (Å²) in [7, 11) is 0. The molecule has 0 radical (unpaired) electrons. The molecule has 1 atom stereocenters. The van der Waals surface area contributed by atoms with E-state index in [9.17, 15) is 4.79 Å². The molecule has 1 spiro atoms. The van der Waals surface area contributed by atoms with Crippen LogP contribution in [-0.4, -0.2) is 16.5 Å². The predicted octanol–water partition coefficient (Wildman–Crippen LogP) is 8.03. The highest BCUT2D eigenvalue weighted by molar-refractivity contribution is 8.17. The van der Waals surface area contributed by atoms with Crippen LogP contribution in [-0.2, 0) is 9.79 Å². The first-order valence-electron chi connectivity index (χ1n) is 12.9. The third-order valence-corrected chi connectivity index (χ3v) is 8.90. The first-order chi connectivity index (χ1) is 19.6. The number of ketones is 1. The van der Waals surface area contributed by atoms with Crippen molar-refractivity contribution in [3.63, 3.8) is 0 Å². The number of thioether (sulfide) groups is 1. The van der Waals surface area contributed by atoms with E-state index in [1.165, 1.54) is 11.8 Å². The Bertz CT molecular complexity index is 1850. The second kappa shape index (κ2) is 9.66. The largest absolute Gasteiger partial charge is 0.292 e. The number of Topliss-reactive ketones (excluding diaryl/α,β-unsaturated/α-hetero) is 1. The molecule has 0 aromatic heterocycles. The van der Waals surface area contributed by atoms with Gasteiger partial charge in [-0.05, 0) is 46.8 Å². The standard InChI is InChI=1S/C33H23ClN4OS/c1-22(39)32-36-38(30-21-10-9-20-29(30)34)33(40-32)28-19-8-7-17-27(28)31(35-37(33)24-14-3-2-4-15-24)26-18-11-13-23-12-5-6-16-25(23)26/h2-21H,1H3/t33-/m1/s1. The SMILES string of the molecule is CC(=O)C1=NN(c2ccccc2Cl)[C@@]2(S1)c1ccccc1C(c1cccc3ccccc13)=NN2c1ccccc1. The van der Waals surface area contributed by atoms with Gasteiger partial charge in [-0.25, -0.2) is 10.0 Å². The molecule has 0 unspecified atom stereocenters. The molecule has 0 saturated heterocycles. The highest BCUT2D eigenvalue weighted by Gasteiger charge is 2.56. The smallest absolute Gasteiger partial charge is 0.234 e. The zero-order valence-electron chi connectivity index (χ0n) is 21.5. The third kappa shape index (κ3) is 3.75. The van der Waals surface area contributed by atoms with Crippen LogP contribution in [0.25, 0.3) is 10.8 Å². The fourth-order valence-electron chi connectivity index (χ4n) is 5.38. The fourth-order valence-corrected chi connectivity index (χ4v) is 6.88. The number of hydrogen-bond acceptors (Lipinski definition) is 6. The number of hydrogen-bond donors (Lipinski definition) is 0. The molecule has 5 nitrogen and oxygen atoms in total. The third-order valence-electron chi connectivity index (χ3n) is 7.16. The number of hydrazone groups is 2. The molecule has 0 amide bonds. The number of rotatable bonds is 4. The van der Waals surface area contributed by atoms with Crippen LogP contribution >= 0.6 is 23.4 Å². The molecule has 0 saturated carbocycles. The maximum Gasteiger partial charge on any atom is 0.234 e. The quantitative estimate of drug-likeness (QED) is 0.224. The molecule has 0 N–H and O–H groups in total. The van der Waals surface area contributed by atoms with Gasteiger partial charge in [0, 0.05) is 23.6 Å². The van der Waals surface area contributed by atoms with Gasteiger partial charge in [-0.3, -0.25) is 4.79 Å². The number of anilines is 2. The molecule has 0 fully saturated rings. The van der Waals surface area contributed by atoms with Gasteiger partial charge in [0.2, 0.25) is 4.99 Å². The summed E-state index contributed by atoms with van der Waals surface area (Å²) in [6, 6.07) is 40.5. The van der Waals surface area contributed by atoms with Crippen LogP contribution < -0.4 is 10.0 Å². The number of carbonyl (C=O) groups is 1. The number of halogens is 1. The molecule has 40 heavy (non-hydrogen) atoms. The van der Waals surface area contributed by atoms with Crippen molar-refractivity contribution in [3.8, 4) is 0 Å². The van der Waals surface area contributed by atoms with Crippen LogP contribution in [0, 0.1) is 0 Å². The zero-order valence-corrected chi connectivity index (χ0v) is 23.1. The van der Waals surface area contributed by atoms with Crippen molar-refractivity contribution in [2.45, 2.75) is 11.9 Å². The number of nitrogens with zero attached hydrogens (tertiary/aromatic N) is 4. The summed E-state index contributed by atoms with van der Waals surface area (Å²) in [5.74, 6) is -0.117. The Balaban J connectivity index is 1.57. The van der Waals surface area contributed by atoms with Crippen LogP contribution in [0.4, 0.5) is 11.4 Å². The molecule has 0 bridgehead atoms. The Labute approximate surface area is 241 Å². The van der Waals surface area contributed by atoms with E-state index in [0.717, 1.165) is 38.9 Å². The minimum atomic E-state index is -1.04. The molecule has 5 aromatic rings. The van der Waals surface area contributed by atoms with Gasteiger partial charge in [-0.15, -0.1) is 0 Å². The van der Waals surface area contributed by atoms with E-state index in [1.807, 2.05) is 82.8 Å². The fraction of sp³-hybridized carbons (Fsp3) is 0.0606. The van der Waals surface area contributed by atoms with Crippen LogP contribution in [0.1, 0.15) is 23.6 Å². The molecule has 194 valence electrons. The number of fused-ring (bicyclic) bond motifs is 3. The lowest BCUT2D eigenvalue weighted by Gasteiger charge is -2.47. The zero-order chi connectivity index (χ0) is 27.3. The second-order valence-corrected chi connectivity index (χ2v) is 11.2. The summed E-state index contributed by atoms with van der Waals surface area (Å²) in [6.07, 6.45) is 0. The Kier molecular flexibility index (Phi) is 5.95. The summed E-state index contributed by atoms with van der Waals surface area (Å²) >= 11 is 8.17. The number of benzene rings is 5. The first-order valence-corrected chi connectivity index (χ1v) is 14.1. The Morgan fingerprint density at radius 1 is 0.725 bits per heavy atom. The molecule has 7 heteroatoms. The summed E-state index contributed by atoms with van der Waals surface area (Å²) in [5, 5.41) is 17.3. The van der Waals surface area contributed by atoms with E-state index in [4.69, 9.17) is 21.8 Å². The average Bonchev–Trinajstić information content (AvgIpc) is 3.39. The lowest BCUT2D eigenvalue weighted by molar-refractivity contribution is -0.110. The second-order valence-electron chi connectivity index (χ2n) is 9.60. The molecule has 2 aliphatic rings. The van der Waals surface area contributed by atoms with Gasteiger partial charge in [-0.2, -0.15) is 10.2 Å². The molecule has 2 aliphatic heterocycles. The van der Waals surface area contributed by atoms with Gasteiger partial charge in [0.05, 0.1) is 22.1 Å². The maximum atomic E-state index is 12.9. The van der Waals surface area contributed by atoms with Crippen molar-refractivity contribution < 1.29 is 4.79 Å². The topological polar surface area (TPSA) is 48.3 Å². The van der Waals surface area contributed by atoms with Crippen molar-refractivity contribution in [2.75, 3.05) is 10.0 Å². The van der Waals surface area contributed by atoms with Gasteiger partial charge in [0.1, 0.15) is 0 Å². The Morgan fingerprint density at radius 3 is 2.23 bits per heavy atom. The van der Waals surface area contributed by atoms with Crippen molar-refractivity contribution in [1.82, 2.24) is 0 Å². The Morgan fingerprint density at radius 2 is 1.40 bits per heavy atom. The molecule has 7 rings (SSSR count). The Hall–Kier alpha value is -4.39. The normalized spacial score (nSPS) is 18.1. The van der Waals surface area contributed by atoms with Gasteiger partial charge in [0.15, 0.2) is 10.8 Å². The molecular weight excluding hydrogens is 536 g/mol. The van der Waals surface area contributed by atoms with E-state index in [0.29, 0.717) is 15.8 Å². The summed E-state index contributed by atoms with van der Waals surface area (Å²) in [6.45, 7) is 1.54. The van der Waals surface area contributed by atoms with Gasteiger partial charge in [-0.1, -0.05) is 109 Å². The maximum absolute atomic E-state index is 12.9. The lowest BCUT2D eigenvalue weighted by atomic mass is 9.91. The number of para-hydroxylation sites is 2. The monoisotopic (exact) mass is 558 g/mol. The summed E-state index contributed by atoms with van der Waals surface area (Å²) in [4.78, 5) is 11.8. The van der Waals surface area contributed by atoms with E-state index in [2.05, 4.69) is 48.5 Å². The first kappa shape index (κ1) is 24.6. The van der Waals surface area contributed by atoms with Gasteiger partial charge < -0.3 is 0 Å². The lowest BCUT2D eigenvalue weighted by Crippen LogP contribution is -2.54. The molecule has 5 aromatic carbocycles. The minimum absolute atomic E-state index is 0.117. The highest BCUT2D eigenvalue weighted by atomic mass is 35.5. The highest BCUT2D eigenvalue weighted by Crippen LogP contribution is 2.56. The van der Waals surface area contributed by atoms with Crippen LogP contribution in [0.5, 0.6) is 0 Å². The molecule has 2 heterocycles. The number of carbonyl (C=O) groups excluding carboxylic acids is 1. The van der Waals surface area contributed by atoms with Crippen molar-refractivity contribution in [3.05, 3.63) is 143 Å². The predicted molar refractivity (Wildman–Crippen MR) is 166 cm³/mol. The van der Waals surface area contributed by atoms with Crippen LogP contribution in [0.3, 0.4) is 0 Å². The van der Waals surface area contributed by atoms with Gasteiger partial charge >= 0.3 is 0 Å². The van der Waals surface area contributed by atoms with Crippen molar-refractivity contribution >= 4 is 62.0 Å². The average molecular weight is 559 g/mol. The van der Waals surface area contributed by atoms with E-state index >= 15 is 0 Å². The van der Waals surface area contributed by atoms with Crippen molar-refractivity contribution in [1.29, 1.82) is 0 Å². The van der Waals surface area contributed by atoms with E-state index in [1.54, 1.807) is 6.92 Å². The molecule has 0 aliphatic carbocycles. The van der Waals surface area contributed by atoms with Crippen LogP contribution in [0.15, 0.2) is 132 Å². The van der Waals surface area contributed by atoms with Crippen LogP contribution in [0.2, 0.25) is 5.02 Å². The minimum Gasteiger partial charge on any atom is -0.292 e. The summed E-state index contributed by atoms with van der Waals surface area (Å²) < 4.78 is 0. The van der Waals surface area contributed by atoms with Crippen molar-refractivity contribution in [2.24, 2.45) is 10.2 Å². The molecular formula is C33H23ClN4OS. The summed E-state index contributed by atoms with van der Waals surface area (Å²) in [5.41, 5.74) is 5.35. The van der Waals surface area contributed by atoms with Gasteiger partial charge in [0.25, 0.3) is 0 Å². The van der Waals surface area contributed by atoms with E-state index < -0.39 is 4.99 Å².